The van der Waals surface area contributed by atoms with Crippen LogP contribution >= 0.6 is 0 Å². The molecule has 4 nitrogen and oxygen atoms in total. The van der Waals surface area contributed by atoms with Crippen LogP contribution in [0.1, 0.15) is 17.5 Å². The zero-order chi connectivity index (χ0) is 21.7. The zero-order valence-electron chi connectivity index (χ0n) is 18.6. The zero-order valence-corrected chi connectivity index (χ0v) is 18.6. The first-order chi connectivity index (χ1) is 15.7. The average molecular weight is 418 g/mol. The summed E-state index contributed by atoms with van der Waals surface area (Å²) in [6.07, 6.45) is 7.62. The lowest BCUT2D eigenvalue weighted by atomic mass is 9.62. The number of pyridine rings is 2. The maximum absolute atomic E-state index is 2.56. The molecule has 0 amide bonds. The van der Waals surface area contributed by atoms with Crippen molar-refractivity contribution in [3.8, 4) is 0 Å². The molecule has 2 aliphatic heterocycles. The fourth-order valence-electron chi connectivity index (χ4n) is 5.41. The van der Waals surface area contributed by atoms with Gasteiger partial charge in [-0.15, -0.1) is 0 Å². The molecule has 0 N–H and O–H groups in total. The number of aromatic nitrogens is 2. The Labute approximate surface area is 190 Å². The van der Waals surface area contributed by atoms with E-state index < -0.39 is 0 Å². The Morgan fingerprint density at radius 2 is 1.34 bits per heavy atom. The molecule has 156 valence electrons. The fraction of sp³-hybridized carbons (Fsp3) is 0.185. The highest BCUT2D eigenvalue weighted by Crippen LogP contribution is 2.44. The van der Waals surface area contributed by atoms with Gasteiger partial charge in [-0.25, -0.2) is 13.9 Å². The van der Waals surface area contributed by atoms with Crippen LogP contribution in [-0.2, 0) is 26.9 Å². The molecule has 0 spiro atoms. The minimum absolute atomic E-state index is 0.0441. The predicted molar refractivity (Wildman–Crippen MR) is 130 cm³/mol. The molecule has 0 aliphatic carbocycles. The molecule has 2 aromatic carbocycles. The molecule has 0 bridgehead atoms. The van der Waals surface area contributed by atoms with Gasteiger partial charge in [-0.3, -0.25) is 0 Å². The van der Waals surface area contributed by atoms with E-state index in [0.29, 0.717) is 0 Å². The second-order valence-corrected chi connectivity index (χ2v) is 8.79. The van der Waals surface area contributed by atoms with Crippen molar-refractivity contribution < 1.29 is 9.13 Å². The van der Waals surface area contributed by atoms with Gasteiger partial charge in [-0.1, -0.05) is 48.5 Å². The van der Waals surface area contributed by atoms with Crippen LogP contribution in [0.25, 0.3) is 0 Å². The van der Waals surface area contributed by atoms with E-state index >= 15 is 0 Å². The summed E-state index contributed by atoms with van der Waals surface area (Å²) in [5, 5.41) is 0. The Hall–Kier alpha value is -3.60. The Bertz CT molecular complexity index is 1320. The number of rotatable bonds is 1. The first kappa shape index (κ1) is 19.1. The summed E-state index contributed by atoms with van der Waals surface area (Å²) in [4.78, 5) is 5.07. The first-order valence-electron chi connectivity index (χ1n) is 11.4. The van der Waals surface area contributed by atoms with E-state index in [2.05, 4.69) is 124 Å². The van der Waals surface area contributed by atoms with Crippen molar-refractivity contribution in [1.82, 2.24) is 0 Å². The number of hydrogen-bond donors (Lipinski definition) is 0. The lowest BCUT2D eigenvalue weighted by molar-refractivity contribution is -0.666. The number of nitrogens with zero attached hydrogens (tertiary/aromatic N) is 4. The fourth-order valence-corrected chi connectivity index (χ4v) is 5.41. The van der Waals surface area contributed by atoms with Crippen LogP contribution in [0.3, 0.4) is 0 Å². The molecule has 2 aliphatic rings. The van der Waals surface area contributed by atoms with Gasteiger partial charge in [0.2, 0.25) is 0 Å². The van der Waals surface area contributed by atoms with E-state index in [1.54, 1.807) is 0 Å². The molecular weight excluding hydrogens is 391 g/mol. The third-order valence-corrected chi connectivity index (χ3v) is 6.85. The normalized spacial score (nSPS) is 14.6. The van der Waals surface area contributed by atoms with E-state index in [1.807, 2.05) is 0 Å². The van der Waals surface area contributed by atoms with E-state index in [-0.39, 0.29) is 6.98 Å². The number of fused-ring (bicyclic) bond motifs is 7. The van der Waals surface area contributed by atoms with Crippen molar-refractivity contribution >= 4 is 35.5 Å². The van der Waals surface area contributed by atoms with Gasteiger partial charge in [-0.2, -0.15) is 0 Å². The Balaban J connectivity index is 1.71. The molecular formula is C27H27BN4+2. The summed E-state index contributed by atoms with van der Waals surface area (Å²) in [6, 6.07) is 28.8. The van der Waals surface area contributed by atoms with Crippen LogP contribution in [-0.4, -0.2) is 6.98 Å². The SMILES string of the molecule is C[n+]1ccccc1N1B2c3ccccc3CCCc3ccccc3N2c2ccc[n+](C)c21. The molecule has 2 aromatic heterocycles. The van der Waals surface area contributed by atoms with Gasteiger partial charge in [0.25, 0.3) is 11.6 Å². The van der Waals surface area contributed by atoms with Gasteiger partial charge in [0.15, 0.2) is 0 Å². The maximum Gasteiger partial charge on any atom is 0.545 e. The molecule has 0 saturated heterocycles. The summed E-state index contributed by atoms with van der Waals surface area (Å²) < 4.78 is 4.48. The Kier molecular flexibility index (Phi) is 4.49. The molecule has 32 heavy (non-hydrogen) atoms. The molecule has 0 radical (unpaired) electrons. The number of para-hydroxylation sites is 1. The molecule has 0 atom stereocenters. The summed E-state index contributed by atoms with van der Waals surface area (Å²) in [5.41, 5.74) is 6.79. The van der Waals surface area contributed by atoms with Crippen molar-refractivity contribution in [3.63, 3.8) is 0 Å². The highest BCUT2D eigenvalue weighted by molar-refractivity contribution is 6.84. The van der Waals surface area contributed by atoms with Crippen LogP contribution in [0.5, 0.6) is 0 Å². The highest BCUT2D eigenvalue weighted by Gasteiger charge is 2.55. The van der Waals surface area contributed by atoms with Gasteiger partial charge in [0.05, 0.1) is 26.5 Å². The summed E-state index contributed by atoms with van der Waals surface area (Å²) >= 11 is 0. The topological polar surface area (TPSA) is 14.2 Å². The maximum atomic E-state index is 2.56. The number of hydrogen-bond acceptors (Lipinski definition) is 2. The molecule has 4 heterocycles. The molecule has 4 aromatic rings. The lowest BCUT2D eigenvalue weighted by Gasteiger charge is -2.26. The van der Waals surface area contributed by atoms with Gasteiger partial charge in [-0.05, 0) is 60.1 Å². The average Bonchev–Trinajstić information content (AvgIpc) is 3.18. The summed E-state index contributed by atoms with van der Waals surface area (Å²) in [7, 11) is 4.29. The van der Waals surface area contributed by atoms with Crippen molar-refractivity contribution in [2.24, 2.45) is 14.1 Å². The van der Waals surface area contributed by atoms with Crippen molar-refractivity contribution in [2.45, 2.75) is 19.3 Å². The van der Waals surface area contributed by atoms with Crippen molar-refractivity contribution in [1.29, 1.82) is 0 Å². The monoisotopic (exact) mass is 418 g/mol. The smallest absolute Gasteiger partial charge is 0.332 e. The number of anilines is 4. The van der Waals surface area contributed by atoms with Crippen molar-refractivity contribution in [2.75, 3.05) is 9.62 Å². The highest BCUT2D eigenvalue weighted by atomic mass is 15.4. The lowest BCUT2D eigenvalue weighted by Crippen LogP contribution is -2.57. The third kappa shape index (κ3) is 2.84. The molecule has 6 rings (SSSR count). The van der Waals surface area contributed by atoms with E-state index in [0.717, 1.165) is 19.3 Å². The second-order valence-electron chi connectivity index (χ2n) is 8.79. The molecule has 0 unspecified atom stereocenters. The minimum atomic E-state index is 0.0441. The van der Waals surface area contributed by atoms with Gasteiger partial charge < -0.3 is 4.81 Å². The minimum Gasteiger partial charge on any atom is -0.332 e. The van der Waals surface area contributed by atoms with Gasteiger partial charge >= 0.3 is 6.98 Å². The Morgan fingerprint density at radius 1 is 0.656 bits per heavy atom. The van der Waals surface area contributed by atoms with Crippen LogP contribution in [0.15, 0.2) is 91.3 Å². The number of benzene rings is 2. The third-order valence-electron chi connectivity index (χ3n) is 6.85. The van der Waals surface area contributed by atoms with E-state index in [9.17, 15) is 0 Å². The van der Waals surface area contributed by atoms with E-state index in [4.69, 9.17) is 0 Å². The van der Waals surface area contributed by atoms with Crippen LogP contribution in [0.4, 0.5) is 23.0 Å². The molecule has 0 fully saturated rings. The largest absolute Gasteiger partial charge is 0.545 e. The van der Waals surface area contributed by atoms with Crippen molar-refractivity contribution in [3.05, 3.63) is 102 Å². The predicted octanol–water partition coefficient (Wildman–Crippen LogP) is 3.51. The van der Waals surface area contributed by atoms with E-state index in [1.165, 1.54) is 39.6 Å². The Morgan fingerprint density at radius 3 is 2.22 bits per heavy atom. The van der Waals surface area contributed by atoms with Crippen LogP contribution in [0.2, 0.25) is 0 Å². The quantitative estimate of drug-likeness (QED) is 0.347. The molecule has 5 heteroatoms. The van der Waals surface area contributed by atoms with Gasteiger partial charge in [0.1, 0.15) is 5.69 Å². The molecule has 0 saturated carbocycles. The number of aryl methyl sites for hydroxylation is 4. The van der Waals surface area contributed by atoms with Crippen LogP contribution in [0, 0.1) is 0 Å². The first-order valence-corrected chi connectivity index (χ1v) is 11.4. The van der Waals surface area contributed by atoms with Gasteiger partial charge in [0, 0.05) is 11.8 Å². The van der Waals surface area contributed by atoms with Crippen LogP contribution < -0.4 is 24.2 Å². The summed E-state index contributed by atoms with van der Waals surface area (Å²) in [5.74, 6) is 2.39. The second kappa shape index (κ2) is 7.52. The standard InChI is InChI=1S/C27H27BN4/c1-29-19-8-7-18-26(29)32-27-25(17-10-20-30(27)2)31-24-16-6-4-12-22(24)14-9-13-21-11-3-5-15-23(21)28(31)32/h3-8,10-12,15-20H,9,13-14H2,1-2H3/q+2. The summed E-state index contributed by atoms with van der Waals surface area (Å²) in [6.45, 7) is 0.0441.